The number of methoxy groups -OCH3 is 1. The number of likely N-dealkylation sites (N-methyl/N-ethyl adjacent to an activating group) is 1. The van der Waals surface area contributed by atoms with Gasteiger partial charge in [0.1, 0.15) is 17.3 Å². The number of nitrogens with zero attached hydrogens (tertiary/aromatic N) is 2. The van der Waals surface area contributed by atoms with Crippen molar-refractivity contribution in [3.63, 3.8) is 0 Å². The molecule has 0 aliphatic carbocycles. The molecule has 1 aliphatic heterocycles. The maximum Gasteiger partial charge on any atom is 0.295 e. The molecule has 2 aromatic rings. The lowest BCUT2D eigenvalue weighted by molar-refractivity contribution is -0.140. The fraction of sp³-hybridized carbons (Fsp3) is 0.385. The molecule has 1 saturated heterocycles. The summed E-state index contributed by atoms with van der Waals surface area (Å²) in [6, 6.07) is 11.8. The zero-order valence-electron chi connectivity index (χ0n) is 19.9. The molecule has 0 aromatic heterocycles. The van der Waals surface area contributed by atoms with Gasteiger partial charge < -0.3 is 24.4 Å². The molecular weight excluding hydrogens is 420 g/mol. The molecule has 1 heterocycles. The lowest BCUT2D eigenvalue weighted by atomic mass is 9.94. The van der Waals surface area contributed by atoms with E-state index in [0.29, 0.717) is 36.8 Å². The Bertz CT molecular complexity index is 1040. The number of carbonyl (C=O) groups excluding carboxylic acids is 2. The van der Waals surface area contributed by atoms with Crippen LogP contribution in [0.2, 0.25) is 0 Å². The Balaban J connectivity index is 2.10. The number of aliphatic hydroxyl groups is 1. The van der Waals surface area contributed by atoms with Crippen LogP contribution in [-0.4, -0.2) is 67.5 Å². The van der Waals surface area contributed by atoms with Crippen molar-refractivity contribution < 1.29 is 24.2 Å². The van der Waals surface area contributed by atoms with Crippen molar-refractivity contribution >= 4 is 17.4 Å². The van der Waals surface area contributed by atoms with Gasteiger partial charge >= 0.3 is 0 Å². The Kier molecular flexibility index (Phi) is 7.76. The molecule has 1 fully saturated rings. The van der Waals surface area contributed by atoms with Crippen LogP contribution in [0.3, 0.4) is 0 Å². The summed E-state index contributed by atoms with van der Waals surface area (Å²) in [5, 5.41) is 11.3. The molecule has 0 spiro atoms. The van der Waals surface area contributed by atoms with Gasteiger partial charge in [0.15, 0.2) is 0 Å². The molecule has 176 valence electrons. The number of ketones is 1. The van der Waals surface area contributed by atoms with Crippen molar-refractivity contribution in [2.75, 3.05) is 40.9 Å². The molecule has 1 atom stereocenters. The number of hydrogen-bond acceptors (Lipinski definition) is 6. The quantitative estimate of drug-likeness (QED) is 0.354. The number of hydrogen-bond donors (Lipinski definition) is 1. The smallest absolute Gasteiger partial charge is 0.295 e. The van der Waals surface area contributed by atoms with Crippen LogP contribution in [0.25, 0.3) is 5.76 Å². The number of amides is 1. The van der Waals surface area contributed by atoms with Gasteiger partial charge in [-0.15, -0.1) is 0 Å². The number of benzene rings is 2. The van der Waals surface area contributed by atoms with Crippen molar-refractivity contribution in [2.45, 2.75) is 26.3 Å². The second kappa shape index (κ2) is 10.5. The number of ether oxygens (including phenoxy) is 2. The summed E-state index contributed by atoms with van der Waals surface area (Å²) in [6.45, 7) is 5.41. The first kappa shape index (κ1) is 24.3. The predicted octanol–water partition coefficient (Wildman–Crippen LogP) is 3.78. The number of rotatable bonds is 9. The summed E-state index contributed by atoms with van der Waals surface area (Å²) in [5.41, 5.74) is 2.09. The highest BCUT2D eigenvalue weighted by molar-refractivity contribution is 6.46. The molecule has 33 heavy (non-hydrogen) atoms. The van der Waals surface area contributed by atoms with Gasteiger partial charge in [-0.2, -0.15) is 0 Å². The Labute approximate surface area is 195 Å². The van der Waals surface area contributed by atoms with E-state index < -0.39 is 17.7 Å². The van der Waals surface area contributed by atoms with E-state index in [1.54, 1.807) is 31.4 Å². The number of Topliss-reactive ketones (excluding diaryl/α,β-unsaturated/α-hetero) is 1. The van der Waals surface area contributed by atoms with E-state index in [9.17, 15) is 14.7 Å². The van der Waals surface area contributed by atoms with Crippen LogP contribution >= 0.6 is 0 Å². The van der Waals surface area contributed by atoms with Crippen LogP contribution in [-0.2, 0) is 9.59 Å². The summed E-state index contributed by atoms with van der Waals surface area (Å²) in [4.78, 5) is 29.6. The molecule has 1 unspecified atom stereocenters. The summed E-state index contributed by atoms with van der Waals surface area (Å²) >= 11 is 0. The van der Waals surface area contributed by atoms with Gasteiger partial charge in [0.2, 0.25) is 0 Å². The molecular formula is C26H32N2O5. The van der Waals surface area contributed by atoms with Gasteiger partial charge in [0.25, 0.3) is 11.7 Å². The number of carbonyl (C=O) groups is 2. The Morgan fingerprint density at radius 2 is 1.76 bits per heavy atom. The first-order valence-electron chi connectivity index (χ1n) is 11.1. The summed E-state index contributed by atoms with van der Waals surface area (Å²) in [7, 11) is 5.39. The van der Waals surface area contributed by atoms with E-state index in [1.807, 2.05) is 51.0 Å². The minimum absolute atomic E-state index is 0.0919. The molecule has 0 radical (unpaired) electrons. The largest absolute Gasteiger partial charge is 0.507 e. The van der Waals surface area contributed by atoms with Crippen LogP contribution in [0.1, 0.15) is 36.1 Å². The van der Waals surface area contributed by atoms with Gasteiger partial charge in [0, 0.05) is 18.7 Å². The Morgan fingerprint density at radius 1 is 1.09 bits per heavy atom. The lowest BCUT2D eigenvalue weighted by Gasteiger charge is -2.26. The van der Waals surface area contributed by atoms with Crippen molar-refractivity contribution in [3.8, 4) is 11.5 Å². The zero-order chi connectivity index (χ0) is 24.1. The van der Waals surface area contributed by atoms with E-state index >= 15 is 0 Å². The molecule has 1 amide bonds. The fourth-order valence-electron chi connectivity index (χ4n) is 3.91. The highest BCUT2D eigenvalue weighted by Gasteiger charge is 2.46. The lowest BCUT2D eigenvalue weighted by Crippen LogP contribution is -2.35. The van der Waals surface area contributed by atoms with E-state index in [2.05, 4.69) is 0 Å². The number of likely N-dealkylation sites (tertiary alicyclic amines) is 1. The fourth-order valence-corrected chi connectivity index (χ4v) is 3.91. The third-order valence-electron chi connectivity index (χ3n) is 5.69. The van der Waals surface area contributed by atoms with Crippen LogP contribution < -0.4 is 9.47 Å². The summed E-state index contributed by atoms with van der Waals surface area (Å²) in [6.07, 6.45) is 0.888. The SMILES string of the molecule is CCCOc1ccc(/C(O)=C2\C(=O)C(=O)N(CCN(C)C)C2c2ccc(OC)cc2)c(C)c1. The minimum Gasteiger partial charge on any atom is -0.507 e. The number of aryl methyl sites for hydroxylation is 1. The van der Waals surface area contributed by atoms with E-state index in [4.69, 9.17) is 9.47 Å². The maximum atomic E-state index is 13.1. The average Bonchev–Trinajstić information content (AvgIpc) is 3.05. The van der Waals surface area contributed by atoms with Gasteiger partial charge in [-0.3, -0.25) is 9.59 Å². The van der Waals surface area contributed by atoms with E-state index in [1.165, 1.54) is 4.90 Å². The Hall–Kier alpha value is -3.32. The highest BCUT2D eigenvalue weighted by atomic mass is 16.5. The van der Waals surface area contributed by atoms with Gasteiger partial charge in [-0.05, 0) is 68.9 Å². The van der Waals surface area contributed by atoms with Crippen LogP contribution in [0.4, 0.5) is 0 Å². The van der Waals surface area contributed by atoms with Gasteiger partial charge in [0.05, 0.1) is 25.3 Å². The molecule has 1 N–H and O–H groups in total. The molecule has 3 rings (SSSR count). The molecule has 1 aliphatic rings. The minimum atomic E-state index is -0.689. The first-order valence-corrected chi connectivity index (χ1v) is 11.1. The number of aliphatic hydroxyl groups excluding tert-OH is 1. The molecule has 7 heteroatoms. The van der Waals surface area contributed by atoms with Crippen molar-refractivity contribution in [2.24, 2.45) is 0 Å². The highest BCUT2D eigenvalue weighted by Crippen LogP contribution is 2.40. The second-order valence-electron chi connectivity index (χ2n) is 8.39. The maximum absolute atomic E-state index is 13.1. The monoisotopic (exact) mass is 452 g/mol. The third-order valence-corrected chi connectivity index (χ3v) is 5.69. The van der Waals surface area contributed by atoms with Crippen molar-refractivity contribution in [1.82, 2.24) is 9.80 Å². The summed E-state index contributed by atoms with van der Waals surface area (Å²) in [5.74, 6) is -0.106. The predicted molar refractivity (Wildman–Crippen MR) is 128 cm³/mol. The molecule has 7 nitrogen and oxygen atoms in total. The van der Waals surface area contributed by atoms with Crippen LogP contribution in [0.15, 0.2) is 48.0 Å². The molecule has 2 aromatic carbocycles. The standard InChI is InChI=1S/C26H32N2O5/c1-6-15-33-20-11-12-21(17(2)16-20)24(29)22-23(18-7-9-19(32-5)10-8-18)28(14-13-27(3)4)26(31)25(22)30/h7-12,16,23,29H,6,13-15H2,1-5H3/b24-22+. The van der Waals surface area contributed by atoms with E-state index in [0.717, 1.165) is 17.5 Å². The summed E-state index contributed by atoms with van der Waals surface area (Å²) < 4.78 is 10.9. The van der Waals surface area contributed by atoms with Gasteiger partial charge in [-0.1, -0.05) is 19.1 Å². The van der Waals surface area contributed by atoms with E-state index in [-0.39, 0.29) is 11.3 Å². The van der Waals surface area contributed by atoms with Crippen molar-refractivity contribution in [3.05, 3.63) is 64.7 Å². The second-order valence-corrected chi connectivity index (χ2v) is 8.39. The first-order chi connectivity index (χ1) is 15.8. The third kappa shape index (κ3) is 5.20. The zero-order valence-corrected chi connectivity index (χ0v) is 19.9. The van der Waals surface area contributed by atoms with Crippen LogP contribution in [0.5, 0.6) is 11.5 Å². The van der Waals surface area contributed by atoms with Gasteiger partial charge in [-0.25, -0.2) is 0 Å². The normalized spacial score (nSPS) is 17.6. The van der Waals surface area contributed by atoms with Crippen LogP contribution in [0, 0.1) is 6.92 Å². The molecule has 0 bridgehead atoms. The van der Waals surface area contributed by atoms with Crippen molar-refractivity contribution in [1.29, 1.82) is 0 Å². The average molecular weight is 453 g/mol. The molecule has 0 saturated carbocycles. The topological polar surface area (TPSA) is 79.3 Å². The Morgan fingerprint density at radius 3 is 2.33 bits per heavy atom.